The van der Waals surface area contributed by atoms with Crippen LogP contribution in [0.2, 0.25) is 0 Å². The Balaban J connectivity index is 2.14. The largest absolute Gasteiger partial charge is 0.465 e. The Morgan fingerprint density at radius 3 is 2.68 bits per heavy atom. The lowest BCUT2D eigenvalue weighted by molar-refractivity contribution is 0.0605. The van der Waals surface area contributed by atoms with Gasteiger partial charge in [0.2, 0.25) is 5.88 Å². The van der Waals surface area contributed by atoms with E-state index in [9.17, 15) is 4.79 Å². The predicted molar refractivity (Wildman–Crippen MR) is 79.5 cm³/mol. The van der Waals surface area contributed by atoms with Gasteiger partial charge >= 0.3 is 5.97 Å². The highest BCUT2D eigenvalue weighted by Crippen LogP contribution is 2.37. The Morgan fingerprint density at radius 2 is 2.05 bits per heavy atom. The standard InChI is InChI=1S/C14H13N3O4S/c1-6-9-12(20-10-7(2)17-21-8(10)3)15-5-16-13(9)22-11(6)14(18)19-4/h5H,1-4H3. The highest BCUT2D eigenvalue weighted by Gasteiger charge is 2.22. The SMILES string of the molecule is COC(=O)c1sc2ncnc(Oc3c(C)noc3C)c2c1C. The minimum Gasteiger partial charge on any atom is -0.465 e. The van der Waals surface area contributed by atoms with E-state index in [1.807, 2.05) is 6.92 Å². The molecule has 0 aromatic carbocycles. The van der Waals surface area contributed by atoms with E-state index in [0.29, 0.717) is 38.2 Å². The van der Waals surface area contributed by atoms with E-state index in [1.54, 1.807) is 13.8 Å². The van der Waals surface area contributed by atoms with Gasteiger partial charge in [0.05, 0.1) is 12.5 Å². The van der Waals surface area contributed by atoms with Crippen LogP contribution in [0.4, 0.5) is 0 Å². The molecule has 22 heavy (non-hydrogen) atoms. The Labute approximate surface area is 129 Å². The minimum atomic E-state index is -0.399. The molecule has 7 nitrogen and oxygen atoms in total. The third kappa shape index (κ3) is 2.21. The maximum Gasteiger partial charge on any atom is 0.348 e. The van der Waals surface area contributed by atoms with Crippen LogP contribution in [0, 0.1) is 20.8 Å². The maximum absolute atomic E-state index is 11.8. The molecule has 0 atom stereocenters. The van der Waals surface area contributed by atoms with Crippen molar-refractivity contribution in [3.63, 3.8) is 0 Å². The fourth-order valence-corrected chi connectivity index (χ4v) is 3.18. The number of fused-ring (bicyclic) bond motifs is 1. The van der Waals surface area contributed by atoms with E-state index >= 15 is 0 Å². The molecule has 0 aliphatic heterocycles. The number of carbonyl (C=O) groups is 1. The number of esters is 1. The number of rotatable bonds is 3. The molecule has 3 heterocycles. The fourth-order valence-electron chi connectivity index (χ4n) is 2.12. The van der Waals surface area contributed by atoms with Gasteiger partial charge in [-0.15, -0.1) is 11.3 Å². The summed E-state index contributed by atoms with van der Waals surface area (Å²) in [5.41, 5.74) is 1.36. The van der Waals surface area contributed by atoms with Gasteiger partial charge in [0.1, 0.15) is 21.7 Å². The lowest BCUT2D eigenvalue weighted by Gasteiger charge is -2.05. The number of ether oxygens (including phenoxy) is 2. The second-order valence-electron chi connectivity index (χ2n) is 4.66. The van der Waals surface area contributed by atoms with Crippen LogP contribution in [-0.2, 0) is 4.74 Å². The highest BCUT2D eigenvalue weighted by molar-refractivity contribution is 7.20. The number of aryl methyl sites for hydroxylation is 3. The zero-order chi connectivity index (χ0) is 15.9. The minimum absolute atomic E-state index is 0.364. The molecule has 0 spiro atoms. The Hall–Kier alpha value is -2.48. The first-order chi connectivity index (χ1) is 10.5. The summed E-state index contributed by atoms with van der Waals surface area (Å²) in [6.07, 6.45) is 1.40. The monoisotopic (exact) mass is 319 g/mol. The number of nitrogens with zero attached hydrogens (tertiary/aromatic N) is 3. The molecule has 0 saturated carbocycles. The molecule has 3 aromatic rings. The van der Waals surface area contributed by atoms with Crippen LogP contribution in [0.3, 0.4) is 0 Å². The van der Waals surface area contributed by atoms with E-state index < -0.39 is 5.97 Å². The molecule has 0 saturated heterocycles. The number of methoxy groups -OCH3 is 1. The normalized spacial score (nSPS) is 10.9. The van der Waals surface area contributed by atoms with Crippen LogP contribution >= 0.6 is 11.3 Å². The molecular weight excluding hydrogens is 306 g/mol. The van der Waals surface area contributed by atoms with Crippen LogP contribution in [0.5, 0.6) is 11.6 Å². The molecular formula is C14H13N3O4S. The molecule has 3 rings (SSSR count). The van der Waals surface area contributed by atoms with Gasteiger partial charge in [0, 0.05) is 6.92 Å². The number of thiophene rings is 1. The third-order valence-corrected chi connectivity index (χ3v) is 4.41. The van der Waals surface area contributed by atoms with Crippen LogP contribution in [0.15, 0.2) is 10.9 Å². The molecule has 0 fully saturated rings. The van der Waals surface area contributed by atoms with Crippen LogP contribution < -0.4 is 4.74 Å². The van der Waals surface area contributed by atoms with Gasteiger partial charge in [-0.2, -0.15) is 0 Å². The predicted octanol–water partition coefficient (Wildman–Crippen LogP) is 3.18. The maximum atomic E-state index is 11.8. The lowest BCUT2D eigenvalue weighted by atomic mass is 10.2. The zero-order valence-electron chi connectivity index (χ0n) is 12.5. The van der Waals surface area contributed by atoms with Crippen molar-refractivity contribution in [2.75, 3.05) is 7.11 Å². The number of hydrogen-bond acceptors (Lipinski definition) is 8. The Kier molecular flexibility index (Phi) is 3.53. The van der Waals surface area contributed by atoms with Gasteiger partial charge in [-0.25, -0.2) is 14.8 Å². The van der Waals surface area contributed by atoms with Gasteiger partial charge in [0.15, 0.2) is 11.5 Å². The summed E-state index contributed by atoms with van der Waals surface area (Å²) in [4.78, 5) is 21.3. The topological polar surface area (TPSA) is 87.3 Å². The summed E-state index contributed by atoms with van der Waals surface area (Å²) in [7, 11) is 1.35. The molecule has 0 amide bonds. The average molecular weight is 319 g/mol. The smallest absolute Gasteiger partial charge is 0.348 e. The first-order valence-electron chi connectivity index (χ1n) is 6.46. The van der Waals surface area contributed by atoms with Gasteiger partial charge in [0.25, 0.3) is 0 Å². The van der Waals surface area contributed by atoms with E-state index in [2.05, 4.69) is 15.1 Å². The number of hydrogen-bond donors (Lipinski definition) is 0. The van der Waals surface area contributed by atoms with Gasteiger partial charge in [-0.3, -0.25) is 0 Å². The van der Waals surface area contributed by atoms with Crippen molar-refractivity contribution >= 4 is 27.5 Å². The summed E-state index contributed by atoms with van der Waals surface area (Å²) in [5.74, 6) is 1.04. The van der Waals surface area contributed by atoms with Crippen molar-refractivity contribution < 1.29 is 18.8 Å². The highest BCUT2D eigenvalue weighted by atomic mass is 32.1. The van der Waals surface area contributed by atoms with Crippen molar-refractivity contribution in [2.45, 2.75) is 20.8 Å². The van der Waals surface area contributed by atoms with E-state index in [1.165, 1.54) is 24.8 Å². The van der Waals surface area contributed by atoms with Gasteiger partial charge < -0.3 is 14.0 Å². The average Bonchev–Trinajstić information content (AvgIpc) is 3.01. The molecule has 8 heteroatoms. The summed E-state index contributed by atoms with van der Waals surface area (Å²) >= 11 is 1.25. The molecule has 0 N–H and O–H groups in total. The van der Waals surface area contributed by atoms with E-state index in [-0.39, 0.29) is 0 Å². The summed E-state index contributed by atoms with van der Waals surface area (Å²) in [6, 6.07) is 0. The summed E-state index contributed by atoms with van der Waals surface area (Å²) < 4.78 is 15.7. The van der Waals surface area contributed by atoms with E-state index in [0.717, 1.165) is 5.56 Å². The Morgan fingerprint density at radius 1 is 1.27 bits per heavy atom. The van der Waals surface area contributed by atoms with E-state index in [4.69, 9.17) is 14.0 Å². The molecule has 0 unspecified atom stereocenters. The Bertz CT molecular complexity index is 849. The quantitative estimate of drug-likeness (QED) is 0.685. The molecule has 114 valence electrons. The number of carbonyl (C=O) groups excluding carboxylic acids is 1. The van der Waals surface area contributed by atoms with Crippen LogP contribution in [-0.4, -0.2) is 28.2 Å². The van der Waals surface area contributed by atoms with Gasteiger partial charge in [-0.1, -0.05) is 5.16 Å². The molecule has 0 bridgehead atoms. The third-order valence-electron chi connectivity index (χ3n) is 3.23. The molecule has 0 aliphatic rings. The van der Waals surface area contributed by atoms with Crippen LogP contribution in [0.25, 0.3) is 10.2 Å². The zero-order valence-corrected chi connectivity index (χ0v) is 13.3. The second-order valence-corrected chi connectivity index (χ2v) is 5.66. The molecule has 3 aromatic heterocycles. The van der Waals surface area contributed by atoms with Gasteiger partial charge in [-0.05, 0) is 19.4 Å². The lowest BCUT2D eigenvalue weighted by Crippen LogP contribution is -1.99. The van der Waals surface area contributed by atoms with Crippen molar-refractivity contribution in [2.24, 2.45) is 0 Å². The van der Waals surface area contributed by atoms with Crippen molar-refractivity contribution in [1.29, 1.82) is 0 Å². The first kappa shape index (κ1) is 14.5. The van der Waals surface area contributed by atoms with Crippen molar-refractivity contribution in [1.82, 2.24) is 15.1 Å². The number of aromatic nitrogens is 3. The summed E-state index contributed by atoms with van der Waals surface area (Å²) in [6.45, 7) is 5.35. The summed E-state index contributed by atoms with van der Waals surface area (Å²) in [5, 5.41) is 4.53. The first-order valence-corrected chi connectivity index (χ1v) is 7.27. The van der Waals surface area contributed by atoms with Crippen LogP contribution in [0.1, 0.15) is 26.7 Å². The van der Waals surface area contributed by atoms with Crippen molar-refractivity contribution in [3.05, 3.63) is 28.2 Å². The molecule has 0 aliphatic carbocycles. The molecule has 0 radical (unpaired) electrons. The van der Waals surface area contributed by atoms with Crippen molar-refractivity contribution in [3.8, 4) is 11.6 Å². The fraction of sp³-hybridized carbons (Fsp3) is 0.286. The second kappa shape index (κ2) is 5.38.